The van der Waals surface area contributed by atoms with E-state index >= 15 is 0 Å². The van der Waals surface area contributed by atoms with Gasteiger partial charge in [-0.15, -0.1) is 0 Å². The van der Waals surface area contributed by atoms with E-state index < -0.39 is 0 Å². The Hall–Kier alpha value is 1.52. The Bertz CT molecular complexity index is 262. The van der Waals surface area contributed by atoms with Gasteiger partial charge in [0.1, 0.15) is 0 Å². The van der Waals surface area contributed by atoms with Gasteiger partial charge in [0, 0.05) is 0 Å². The van der Waals surface area contributed by atoms with Crippen LogP contribution in [0.2, 0.25) is 0 Å². The summed E-state index contributed by atoms with van der Waals surface area (Å²) in [5.41, 5.74) is 1.64. The van der Waals surface area contributed by atoms with Crippen LogP contribution in [0, 0.1) is 12.5 Å². The van der Waals surface area contributed by atoms with Crippen LogP contribution in [-0.2, 0) is 5.41 Å². The summed E-state index contributed by atoms with van der Waals surface area (Å²) in [4.78, 5) is 0. The number of benzene rings is 1. The first-order valence-electron chi connectivity index (χ1n) is 5.89. The maximum Gasteiger partial charge on any atom is 2.00 e. The minimum atomic E-state index is 0. The molecular formula is C15H22BrClMg2. The van der Waals surface area contributed by atoms with E-state index in [1.54, 1.807) is 0 Å². The molecule has 0 nitrogen and oxygen atoms in total. The molecule has 0 atom stereocenters. The Morgan fingerprint density at radius 3 is 1.63 bits per heavy atom. The largest absolute Gasteiger partial charge is 2.00 e. The van der Waals surface area contributed by atoms with E-state index in [1.807, 2.05) is 12.1 Å². The van der Waals surface area contributed by atoms with Gasteiger partial charge >= 0.3 is 46.1 Å². The molecule has 1 saturated carbocycles. The van der Waals surface area contributed by atoms with Gasteiger partial charge in [-0.3, -0.25) is 0 Å². The van der Waals surface area contributed by atoms with Gasteiger partial charge in [-0.25, -0.2) is 0 Å². The molecule has 1 aliphatic rings. The number of rotatable bonds is 0. The zero-order valence-corrected chi connectivity index (χ0v) is 17.6. The maximum absolute atomic E-state index is 3.00. The minimum absolute atomic E-state index is 0. The van der Waals surface area contributed by atoms with Crippen molar-refractivity contribution < 1.29 is 29.4 Å². The van der Waals surface area contributed by atoms with Gasteiger partial charge in [-0.2, -0.15) is 48.7 Å². The van der Waals surface area contributed by atoms with E-state index in [2.05, 4.69) is 45.4 Å². The first kappa shape index (κ1) is 28.7. The summed E-state index contributed by atoms with van der Waals surface area (Å²) in [6.07, 6.45) is 8.00. The van der Waals surface area contributed by atoms with E-state index in [0.717, 1.165) is 0 Å². The molecule has 4 heteroatoms. The minimum Gasteiger partial charge on any atom is -1.00 e. The van der Waals surface area contributed by atoms with E-state index in [4.69, 9.17) is 0 Å². The summed E-state index contributed by atoms with van der Waals surface area (Å²) in [7, 11) is 0. The topological polar surface area (TPSA) is 0 Å². The SMILES string of the molecule is CC(C)(C)c1cc[c-]cc1.[Br-].[CH-]1CCCC1.[Cl-].[Mg+2].[Mg+2]. The Balaban J connectivity index is -0.000000110. The Labute approximate surface area is 168 Å². The molecule has 19 heavy (non-hydrogen) atoms. The van der Waals surface area contributed by atoms with Gasteiger partial charge in [-0.1, -0.05) is 33.6 Å². The fourth-order valence-electron chi connectivity index (χ4n) is 1.61. The van der Waals surface area contributed by atoms with Gasteiger partial charge in [0.2, 0.25) is 0 Å². The maximum atomic E-state index is 3.00. The van der Waals surface area contributed by atoms with Crippen LogP contribution < -0.4 is 29.4 Å². The standard InChI is InChI=1S/C10H13.C5H9.BrH.ClH.2Mg/c1-10(2,3)9-7-5-4-6-8-9;1-2-4-5-3-1;;;;/h5-8H,1-3H3;1H,2-5H2;2*1H;;/q2*-1;;;2*+2/p-2. The second-order valence-electron chi connectivity index (χ2n) is 5.11. The van der Waals surface area contributed by atoms with Crippen molar-refractivity contribution in [3.05, 3.63) is 42.3 Å². The number of hydrogen-bond acceptors (Lipinski definition) is 0. The molecule has 1 aromatic rings. The molecule has 0 bridgehead atoms. The number of halogens is 2. The predicted molar refractivity (Wildman–Crippen MR) is 78.3 cm³/mol. The third-order valence-electron chi connectivity index (χ3n) is 2.65. The average Bonchev–Trinajstić information content (AvgIpc) is 2.76. The summed E-state index contributed by atoms with van der Waals surface area (Å²) in [5.74, 6) is 0. The van der Waals surface area contributed by atoms with Crippen molar-refractivity contribution >= 4 is 46.1 Å². The predicted octanol–water partition coefficient (Wildman–Crippen LogP) is -2.20. The van der Waals surface area contributed by atoms with Crippen LogP contribution in [0.1, 0.15) is 52.0 Å². The van der Waals surface area contributed by atoms with Crippen molar-refractivity contribution in [2.24, 2.45) is 0 Å². The molecule has 0 N–H and O–H groups in total. The molecule has 0 aliphatic heterocycles. The molecule has 0 heterocycles. The van der Waals surface area contributed by atoms with Crippen LogP contribution in [0.5, 0.6) is 0 Å². The van der Waals surface area contributed by atoms with Crippen LogP contribution in [0.3, 0.4) is 0 Å². The smallest absolute Gasteiger partial charge is 1.00 e. The second-order valence-corrected chi connectivity index (χ2v) is 5.11. The second kappa shape index (κ2) is 15.9. The summed E-state index contributed by atoms with van der Waals surface area (Å²) in [5, 5.41) is 0. The van der Waals surface area contributed by atoms with Crippen LogP contribution in [0.25, 0.3) is 0 Å². The van der Waals surface area contributed by atoms with Crippen LogP contribution >= 0.6 is 0 Å². The molecule has 0 saturated heterocycles. The van der Waals surface area contributed by atoms with Crippen LogP contribution in [0.15, 0.2) is 24.3 Å². The van der Waals surface area contributed by atoms with Crippen molar-refractivity contribution in [3.63, 3.8) is 0 Å². The Morgan fingerprint density at radius 2 is 1.42 bits per heavy atom. The van der Waals surface area contributed by atoms with Crippen molar-refractivity contribution in [2.75, 3.05) is 0 Å². The zero-order valence-electron chi connectivity index (χ0n) is 12.4. The van der Waals surface area contributed by atoms with Crippen LogP contribution in [0.4, 0.5) is 0 Å². The molecule has 100 valence electrons. The fourth-order valence-corrected chi connectivity index (χ4v) is 1.61. The molecule has 0 amide bonds. The van der Waals surface area contributed by atoms with E-state index in [1.165, 1.54) is 31.2 Å². The van der Waals surface area contributed by atoms with Crippen LogP contribution in [-0.4, -0.2) is 46.1 Å². The molecule has 1 aliphatic carbocycles. The molecule has 1 fully saturated rings. The summed E-state index contributed by atoms with van der Waals surface area (Å²) < 4.78 is 0. The van der Waals surface area contributed by atoms with Gasteiger partial charge in [0.05, 0.1) is 0 Å². The summed E-state index contributed by atoms with van der Waals surface area (Å²) in [6.45, 7) is 6.63. The first-order chi connectivity index (χ1) is 7.11. The summed E-state index contributed by atoms with van der Waals surface area (Å²) in [6, 6.07) is 11.1. The van der Waals surface area contributed by atoms with E-state index in [0.29, 0.717) is 0 Å². The van der Waals surface area contributed by atoms with Crippen molar-refractivity contribution in [3.8, 4) is 0 Å². The van der Waals surface area contributed by atoms with Gasteiger partial charge in [0.25, 0.3) is 0 Å². The van der Waals surface area contributed by atoms with Gasteiger partial charge < -0.3 is 35.8 Å². The van der Waals surface area contributed by atoms with Gasteiger partial charge in [0.15, 0.2) is 0 Å². The van der Waals surface area contributed by atoms with E-state index in [9.17, 15) is 0 Å². The fraction of sp³-hybridized carbons (Fsp3) is 0.533. The Kier molecular flexibility index (Phi) is 24.0. The third-order valence-corrected chi connectivity index (χ3v) is 2.65. The molecule has 2 rings (SSSR count). The molecular weight excluding hydrogens is 344 g/mol. The molecule has 0 spiro atoms. The monoisotopic (exact) mass is 364 g/mol. The van der Waals surface area contributed by atoms with Crippen molar-refractivity contribution in [1.29, 1.82) is 0 Å². The molecule has 0 unspecified atom stereocenters. The number of hydrogen-bond donors (Lipinski definition) is 0. The molecule has 0 aromatic heterocycles. The third kappa shape index (κ3) is 14.2. The van der Waals surface area contributed by atoms with Gasteiger partial charge in [-0.05, 0) is 5.41 Å². The average molecular weight is 366 g/mol. The van der Waals surface area contributed by atoms with E-state index in [-0.39, 0.29) is 80.9 Å². The molecule has 1 aromatic carbocycles. The van der Waals surface area contributed by atoms with Crippen molar-refractivity contribution in [1.82, 2.24) is 0 Å². The quantitative estimate of drug-likeness (QED) is 0.361. The normalized spacial score (nSPS) is 12.4. The molecule has 0 radical (unpaired) electrons. The summed E-state index contributed by atoms with van der Waals surface area (Å²) >= 11 is 0. The Morgan fingerprint density at radius 1 is 1.00 bits per heavy atom. The zero-order chi connectivity index (χ0) is 11.1. The van der Waals surface area contributed by atoms with Crippen molar-refractivity contribution in [2.45, 2.75) is 51.9 Å². The first-order valence-corrected chi connectivity index (χ1v) is 5.89.